The second-order valence-corrected chi connectivity index (χ2v) is 4.71. The summed E-state index contributed by atoms with van der Waals surface area (Å²) in [5.41, 5.74) is 0.945. The Morgan fingerprint density at radius 3 is 2.47 bits per heavy atom. The van der Waals surface area contributed by atoms with Crippen LogP contribution in [0, 0.1) is 11.6 Å². The number of rotatable bonds is 3. The van der Waals surface area contributed by atoms with E-state index in [1.54, 1.807) is 24.3 Å². The fraction of sp³-hybridized carbons (Fsp3) is 0. The molecule has 0 spiro atoms. The maximum absolute atomic E-state index is 13.0. The van der Waals surface area contributed by atoms with E-state index >= 15 is 0 Å². The van der Waals surface area contributed by atoms with Crippen LogP contribution in [0.3, 0.4) is 0 Å². The molecule has 96 valence electrons. The molecule has 0 bridgehead atoms. The average molecular weight is 323 g/mol. The van der Waals surface area contributed by atoms with Crippen molar-refractivity contribution in [3.8, 4) is 0 Å². The first-order valence-corrected chi connectivity index (χ1v) is 6.29. The van der Waals surface area contributed by atoms with Crippen molar-refractivity contribution in [2.24, 2.45) is 0 Å². The monoisotopic (exact) mass is 322 g/mol. The molecule has 2 aromatic carbocycles. The topological polar surface area (TPSA) is 17.1 Å². The highest BCUT2D eigenvalue weighted by molar-refractivity contribution is 9.10. The minimum atomic E-state index is -0.935. The van der Waals surface area contributed by atoms with Crippen molar-refractivity contribution in [3.63, 3.8) is 0 Å². The van der Waals surface area contributed by atoms with Crippen LogP contribution in [0.15, 0.2) is 53.0 Å². The Balaban J connectivity index is 2.21. The van der Waals surface area contributed by atoms with Crippen LogP contribution in [0.1, 0.15) is 15.9 Å². The van der Waals surface area contributed by atoms with Gasteiger partial charge in [-0.25, -0.2) is 8.78 Å². The standard InChI is InChI=1S/C15H9BrF2O/c16-12-4-2-1-3-11(12)15(19)8-6-10-5-7-13(17)14(18)9-10/h1-9H/b8-6+. The van der Waals surface area contributed by atoms with Crippen LogP contribution in [-0.4, -0.2) is 5.78 Å². The van der Waals surface area contributed by atoms with Crippen molar-refractivity contribution in [2.75, 3.05) is 0 Å². The van der Waals surface area contributed by atoms with Gasteiger partial charge in [0.05, 0.1) is 0 Å². The number of hydrogen-bond donors (Lipinski definition) is 0. The van der Waals surface area contributed by atoms with Gasteiger partial charge in [-0.3, -0.25) is 4.79 Å². The van der Waals surface area contributed by atoms with Crippen molar-refractivity contribution in [1.82, 2.24) is 0 Å². The highest BCUT2D eigenvalue weighted by Crippen LogP contribution is 2.17. The Bertz CT molecular complexity index is 650. The number of hydrogen-bond acceptors (Lipinski definition) is 1. The predicted octanol–water partition coefficient (Wildman–Crippen LogP) is 4.62. The number of carbonyl (C=O) groups is 1. The van der Waals surface area contributed by atoms with Crippen molar-refractivity contribution in [3.05, 3.63) is 75.8 Å². The molecule has 0 aliphatic heterocycles. The lowest BCUT2D eigenvalue weighted by molar-refractivity contribution is 0.104. The molecule has 0 saturated carbocycles. The Morgan fingerprint density at radius 2 is 1.79 bits per heavy atom. The van der Waals surface area contributed by atoms with Crippen molar-refractivity contribution < 1.29 is 13.6 Å². The van der Waals surface area contributed by atoms with Gasteiger partial charge in [0.1, 0.15) is 0 Å². The van der Waals surface area contributed by atoms with Gasteiger partial charge in [-0.1, -0.05) is 40.2 Å². The molecule has 2 aromatic rings. The summed E-state index contributed by atoms with van der Waals surface area (Å²) in [6, 6.07) is 10.5. The van der Waals surface area contributed by atoms with Gasteiger partial charge in [-0.05, 0) is 35.9 Å². The minimum absolute atomic E-state index is 0.211. The molecule has 0 saturated heterocycles. The Morgan fingerprint density at radius 1 is 1.05 bits per heavy atom. The largest absolute Gasteiger partial charge is 0.289 e. The van der Waals surface area contributed by atoms with E-state index in [0.29, 0.717) is 15.6 Å². The van der Waals surface area contributed by atoms with Crippen LogP contribution in [0.25, 0.3) is 6.08 Å². The number of allylic oxidation sites excluding steroid dienone is 1. The smallest absolute Gasteiger partial charge is 0.186 e. The molecule has 1 nitrogen and oxygen atoms in total. The van der Waals surface area contributed by atoms with E-state index in [9.17, 15) is 13.6 Å². The van der Waals surface area contributed by atoms with Gasteiger partial charge >= 0.3 is 0 Å². The molecule has 0 atom stereocenters. The zero-order chi connectivity index (χ0) is 13.8. The van der Waals surface area contributed by atoms with Crippen LogP contribution < -0.4 is 0 Å². The molecule has 0 radical (unpaired) electrons. The maximum atomic E-state index is 13.0. The van der Waals surface area contributed by atoms with E-state index in [2.05, 4.69) is 15.9 Å². The third kappa shape index (κ3) is 3.35. The number of benzene rings is 2. The fourth-order valence-corrected chi connectivity index (χ4v) is 2.02. The summed E-state index contributed by atoms with van der Waals surface area (Å²) in [4.78, 5) is 11.9. The van der Waals surface area contributed by atoms with Crippen LogP contribution in [0.4, 0.5) is 8.78 Å². The van der Waals surface area contributed by atoms with Crippen LogP contribution in [0.2, 0.25) is 0 Å². The second kappa shape index (κ2) is 5.89. The summed E-state index contributed by atoms with van der Waals surface area (Å²) in [6.07, 6.45) is 2.77. The Kier molecular flexibility index (Phi) is 4.22. The molecule has 0 N–H and O–H groups in total. The summed E-state index contributed by atoms with van der Waals surface area (Å²) in [5, 5.41) is 0. The summed E-state index contributed by atoms with van der Waals surface area (Å²) in [5.74, 6) is -2.05. The molecule has 2 rings (SSSR count). The zero-order valence-electron chi connectivity index (χ0n) is 9.74. The van der Waals surface area contributed by atoms with E-state index in [1.807, 2.05) is 0 Å². The molecule has 0 heterocycles. The normalized spacial score (nSPS) is 10.9. The van der Waals surface area contributed by atoms with Gasteiger partial charge in [0.15, 0.2) is 17.4 Å². The maximum Gasteiger partial charge on any atom is 0.186 e. The highest BCUT2D eigenvalue weighted by atomic mass is 79.9. The first-order valence-electron chi connectivity index (χ1n) is 5.50. The van der Waals surface area contributed by atoms with Gasteiger partial charge in [-0.2, -0.15) is 0 Å². The molecule has 19 heavy (non-hydrogen) atoms. The van der Waals surface area contributed by atoms with Gasteiger partial charge in [0.25, 0.3) is 0 Å². The SMILES string of the molecule is O=C(/C=C/c1ccc(F)c(F)c1)c1ccccc1Br. The minimum Gasteiger partial charge on any atom is -0.289 e. The van der Waals surface area contributed by atoms with Crippen molar-refractivity contribution in [1.29, 1.82) is 0 Å². The van der Waals surface area contributed by atoms with Gasteiger partial charge in [0, 0.05) is 10.0 Å². The molecular formula is C15H9BrF2O. The molecule has 0 amide bonds. The predicted molar refractivity (Wildman–Crippen MR) is 73.9 cm³/mol. The van der Waals surface area contributed by atoms with E-state index < -0.39 is 11.6 Å². The van der Waals surface area contributed by atoms with Gasteiger partial charge in [0.2, 0.25) is 0 Å². The first kappa shape index (κ1) is 13.6. The van der Waals surface area contributed by atoms with Gasteiger partial charge < -0.3 is 0 Å². The van der Waals surface area contributed by atoms with Crippen molar-refractivity contribution in [2.45, 2.75) is 0 Å². The number of ketones is 1. The summed E-state index contributed by atoms with van der Waals surface area (Å²) < 4.78 is 26.4. The molecule has 0 aromatic heterocycles. The van der Waals surface area contributed by atoms with Crippen LogP contribution in [-0.2, 0) is 0 Å². The first-order chi connectivity index (χ1) is 9.08. The molecule has 0 unspecified atom stereocenters. The van der Waals surface area contributed by atoms with Crippen LogP contribution >= 0.6 is 15.9 Å². The molecule has 0 fully saturated rings. The van der Waals surface area contributed by atoms with E-state index in [0.717, 1.165) is 12.1 Å². The second-order valence-electron chi connectivity index (χ2n) is 3.85. The van der Waals surface area contributed by atoms with E-state index in [1.165, 1.54) is 18.2 Å². The third-order valence-corrected chi connectivity index (χ3v) is 3.20. The molecular weight excluding hydrogens is 314 g/mol. The lowest BCUT2D eigenvalue weighted by atomic mass is 10.1. The fourth-order valence-electron chi connectivity index (χ4n) is 1.54. The average Bonchev–Trinajstić information content (AvgIpc) is 2.40. The number of carbonyl (C=O) groups excluding carboxylic acids is 1. The summed E-state index contributed by atoms with van der Waals surface area (Å²) in [6.45, 7) is 0. The lowest BCUT2D eigenvalue weighted by Gasteiger charge is -1.99. The number of halogens is 3. The molecule has 0 aliphatic carbocycles. The zero-order valence-corrected chi connectivity index (χ0v) is 11.3. The van der Waals surface area contributed by atoms with Crippen LogP contribution in [0.5, 0.6) is 0 Å². The highest BCUT2D eigenvalue weighted by Gasteiger charge is 2.06. The Hall–Kier alpha value is -1.81. The third-order valence-electron chi connectivity index (χ3n) is 2.51. The summed E-state index contributed by atoms with van der Waals surface area (Å²) in [7, 11) is 0. The van der Waals surface area contributed by atoms with E-state index in [-0.39, 0.29) is 5.78 Å². The summed E-state index contributed by atoms with van der Waals surface area (Å²) >= 11 is 3.28. The molecule has 0 aliphatic rings. The van der Waals surface area contributed by atoms with E-state index in [4.69, 9.17) is 0 Å². The van der Waals surface area contributed by atoms with Crippen molar-refractivity contribution >= 4 is 27.8 Å². The van der Waals surface area contributed by atoms with Gasteiger partial charge in [-0.15, -0.1) is 0 Å². The Labute approximate surface area is 117 Å². The molecule has 4 heteroatoms. The quantitative estimate of drug-likeness (QED) is 0.595. The lowest BCUT2D eigenvalue weighted by Crippen LogP contribution is -1.95.